The van der Waals surface area contributed by atoms with E-state index in [1.807, 2.05) is 0 Å². The summed E-state index contributed by atoms with van der Waals surface area (Å²) >= 11 is 0. The lowest BCUT2D eigenvalue weighted by molar-refractivity contribution is 0.0714. The van der Waals surface area contributed by atoms with Crippen molar-refractivity contribution in [3.63, 3.8) is 0 Å². The first-order valence-electron chi connectivity index (χ1n) is 5.99. The lowest BCUT2D eigenvalue weighted by atomic mass is 9.92. The van der Waals surface area contributed by atoms with E-state index in [1.165, 1.54) is 0 Å². The number of nitrogen functional groups attached to an aromatic ring is 1. The Balaban J connectivity index is 2.07. The van der Waals surface area contributed by atoms with Crippen LogP contribution in [0.4, 0.5) is 16.2 Å². The molecule has 1 fully saturated rings. The minimum Gasteiger partial charge on any atom is -0.425 e. The van der Waals surface area contributed by atoms with Crippen LogP contribution in [0, 0.1) is 17.8 Å². The lowest BCUT2D eigenvalue weighted by Gasteiger charge is -2.31. The van der Waals surface area contributed by atoms with E-state index in [2.05, 4.69) is 17.2 Å². The van der Waals surface area contributed by atoms with Crippen LogP contribution in [-0.4, -0.2) is 6.09 Å². The molecular weight excluding hydrogens is 228 g/mol. The summed E-state index contributed by atoms with van der Waals surface area (Å²) in [5.74, 6) is 6.70. The normalized spacial score (nSPS) is 25.3. The number of anilines is 2. The molecule has 3 rings (SSSR count). The van der Waals surface area contributed by atoms with Crippen LogP contribution in [0.15, 0.2) is 18.2 Å². The second-order valence-electron chi connectivity index (χ2n) is 4.90. The number of nitrogens with one attached hydrogen (secondary N) is 1. The predicted octanol–water partition coefficient (Wildman–Crippen LogP) is 2.46. The van der Waals surface area contributed by atoms with E-state index < -0.39 is 11.7 Å². The molecule has 4 nitrogen and oxygen atoms in total. The van der Waals surface area contributed by atoms with Gasteiger partial charge in [-0.15, -0.1) is 0 Å². The highest BCUT2D eigenvalue weighted by atomic mass is 16.6. The zero-order chi connectivity index (χ0) is 12.8. The minimum atomic E-state index is -0.907. The molecule has 0 radical (unpaired) electrons. The number of rotatable bonds is 0. The standard InChI is InChI=1S/C14H14N2O2/c1-14(7-6-9-2-3-9)11-8-10(15)4-5-12(11)16-13(17)18-14/h4-5,8-9H,2-3,15H2,1H3,(H,16,17). The molecule has 0 bridgehead atoms. The number of ether oxygens (including phenoxy) is 1. The fourth-order valence-corrected chi connectivity index (χ4v) is 2.00. The smallest absolute Gasteiger partial charge is 0.413 e. The van der Waals surface area contributed by atoms with Crippen molar-refractivity contribution < 1.29 is 9.53 Å². The van der Waals surface area contributed by atoms with E-state index >= 15 is 0 Å². The van der Waals surface area contributed by atoms with Gasteiger partial charge in [-0.1, -0.05) is 11.8 Å². The van der Waals surface area contributed by atoms with Crippen molar-refractivity contribution in [1.82, 2.24) is 0 Å². The number of carbonyl (C=O) groups excluding carboxylic acids is 1. The van der Waals surface area contributed by atoms with Crippen LogP contribution < -0.4 is 11.1 Å². The van der Waals surface area contributed by atoms with Crippen LogP contribution in [-0.2, 0) is 10.3 Å². The summed E-state index contributed by atoms with van der Waals surface area (Å²) in [6.45, 7) is 1.80. The van der Waals surface area contributed by atoms with Crippen molar-refractivity contribution in [3.8, 4) is 11.8 Å². The van der Waals surface area contributed by atoms with Gasteiger partial charge in [0.25, 0.3) is 0 Å². The van der Waals surface area contributed by atoms with Crippen LogP contribution in [0.3, 0.4) is 0 Å². The predicted molar refractivity (Wildman–Crippen MR) is 68.8 cm³/mol. The van der Waals surface area contributed by atoms with E-state index in [9.17, 15) is 4.79 Å². The van der Waals surface area contributed by atoms with Gasteiger partial charge in [-0.25, -0.2) is 4.79 Å². The van der Waals surface area contributed by atoms with Crippen LogP contribution in [0.2, 0.25) is 0 Å². The molecule has 1 aliphatic carbocycles. The average molecular weight is 242 g/mol. The first kappa shape index (κ1) is 11.0. The molecule has 1 saturated carbocycles. The Hall–Kier alpha value is -2.15. The highest BCUT2D eigenvalue weighted by Gasteiger charge is 2.37. The number of amides is 1. The number of benzene rings is 1. The highest BCUT2D eigenvalue weighted by molar-refractivity contribution is 5.90. The molecule has 0 spiro atoms. The van der Waals surface area contributed by atoms with E-state index in [4.69, 9.17) is 10.5 Å². The van der Waals surface area contributed by atoms with Gasteiger partial charge in [0.1, 0.15) is 0 Å². The second kappa shape index (κ2) is 3.67. The van der Waals surface area contributed by atoms with Gasteiger partial charge in [0.2, 0.25) is 0 Å². The average Bonchev–Trinajstić information content (AvgIpc) is 3.12. The third-order valence-corrected chi connectivity index (χ3v) is 3.18. The van der Waals surface area contributed by atoms with Crippen molar-refractivity contribution in [2.24, 2.45) is 5.92 Å². The summed E-state index contributed by atoms with van der Waals surface area (Å²) in [7, 11) is 0. The minimum absolute atomic E-state index is 0.458. The van der Waals surface area contributed by atoms with Crippen molar-refractivity contribution in [3.05, 3.63) is 23.8 Å². The topological polar surface area (TPSA) is 64.3 Å². The number of fused-ring (bicyclic) bond motifs is 1. The molecule has 0 aromatic heterocycles. The third kappa shape index (κ3) is 1.88. The maximum atomic E-state index is 11.6. The molecule has 1 aromatic rings. The van der Waals surface area contributed by atoms with E-state index in [0.717, 1.165) is 18.4 Å². The highest BCUT2D eigenvalue weighted by Crippen LogP contribution is 2.37. The van der Waals surface area contributed by atoms with Gasteiger partial charge in [0.05, 0.1) is 5.69 Å². The fourth-order valence-electron chi connectivity index (χ4n) is 2.00. The maximum absolute atomic E-state index is 11.6. The monoisotopic (exact) mass is 242 g/mol. The molecule has 1 atom stereocenters. The quantitative estimate of drug-likeness (QED) is 0.542. The summed E-state index contributed by atoms with van der Waals surface area (Å²) < 4.78 is 5.35. The number of cyclic esters (lactones) is 1. The summed E-state index contributed by atoms with van der Waals surface area (Å²) in [6, 6.07) is 5.33. The summed E-state index contributed by atoms with van der Waals surface area (Å²) in [5, 5.41) is 2.66. The first-order chi connectivity index (χ1) is 8.57. The van der Waals surface area contributed by atoms with Gasteiger partial charge < -0.3 is 10.5 Å². The van der Waals surface area contributed by atoms with E-state index in [1.54, 1.807) is 25.1 Å². The molecule has 1 aliphatic heterocycles. The Morgan fingerprint density at radius 1 is 1.50 bits per heavy atom. The number of hydrogen-bond acceptors (Lipinski definition) is 3. The van der Waals surface area contributed by atoms with Gasteiger partial charge in [0.15, 0.2) is 5.60 Å². The zero-order valence-corrected chi connectivity index (χ0v) is 10.1. The van der Waals surface area contributed by atoms with Crippen molar-refractivity contribution >= 4 is 17.5 Å². The Bertz CT molecular complexity index is 581. The summed E-state index contributed by atoms with van der Waals surface area (Å²) in [4.78, 5) is 11.6. The Labute approximate surface area is 106 Å². The van der Waals surface area contributed by atoms with Gasteiger partial charge in [-0.05, 0) is 38.0 Å². The van der Waals surface area contributed by atoms with Crippen molar-refractivity contribution in [2.75, 3.05) is 11.1 Å². The van der Waals surface area contributed by atoms with E-state index in [0.29, 0.717) is 17.3 Å². The SMILES string of the molecule is CC1(C#CC2CC2)OC(=O)Nc2ccc(N)cc21. The molecule has 92 valence electrons. The molecule has 18 heavy (non-hydrogen) atoms. The van der Waals surface area contributed by atoms with Crippen LogP contribution in [0.5, 0.6) is 0 Å². The molecular formula is C14H14N2O2. The lowest BCUT2D eigenvalue weighted by Crippen LogP contribution is -2.36. The fraction of sp³-hybridized carbons (Fsp3) is 0.357. The van der Waals surface area contributed by atoms with Gasteiger partial charge in [-0.2, -0.15) is 0 Å². The van der Waals surface area contributed by atoms with E-state index in [-0.39, 0.29) is 0 Å². The zero-order valence-electron chi connectivity index (χ0n) is 10.1. The molecule has 1 heterocycles. The molecule has 2 aliphatic rings. The van der Waals surface area contributed by atoms with Crippen LogP contribution in [0.25, 0.3) is 0 Å². The molecule has 1 amide bonds. The summed E-state index contributed by atoms with van der Waals surface area (Å²) in [6.07, 6.45) is 1.80. The maximum Gasteiger partial charge on any atom is 0.413 e. The van der Waals surface area contributed by atoms with Crippen LogP contribution in [0.1, 0.15) is 25.3 Å². The largest absolute Gasteiger partial charge is 0.425 e. The van der Waals surface area contributed by atoms with Crippen molar-refractivity contribution in [2.45, 2.75) is 25.4 Å². The molecule has 1 aromatic carbocycles. The Kier molecular flexibility index (Phi) is 2.24. The number of nitrogens with two attached hydrogens (primary N) is 1. The van der Waals surface area contributed by atoms with Gasteiger partial charge in [0, 0.05) is 17.2 Å². The van der Waals surface area contributed by atoms with Crippen LogP contribution >= 0.6 is 0 Å². The van der Waals surface area contributed by atoms with Gasteiger partial charge >= 0.3 is 6.09 Å². The van der Waals surface area contributed by atoms with Crippen molar-refractivity contribution in [1.29, 1.82) is 0 Å². The molecule has 4 heteroatoms. The first-order valence-corrected chi connectivity index (χ1v) is 5.99. The summed E-state index contributed by atoms with van der Waals surface area (Å²) in [5.41, 5.74) is 7.05. The molecule has 1 unspecified atom stereocenters. The Morgan fingerprint density at radius 2 is 2.28 bits per heavy atom. The molecule has 3 N–H and O–H groups in total. The third-order valence-electron chi connectivity index (χ3n) is 3.18. The second-order valence-corrected chi connectivity index (χ2v) is 4.90. The Morgan fingerprint density at radius 3 is 3.00 bits per heavy atom. The number of carbonyl (C=O) groups is 1. The van der Waals surface area contributed by atoms with Gasteiger partial charge in [-0.3, -0.25) is 5.32 Å². The number of hydrogen-bond donors (Lipinski definition) is 2. The molecule has 0 saturated heterocycles.